The summed E-state index contributed by atoms with van der Waals surface area (Å²) in [5.41, 5.74) is 0.586. The number of nitrogens with one attached hydrogen (secondary N) is 1. The summed E-state index contributed by atoms with van der Waals surface area (Å²) in [5, 5.41) is 3.74. The van der Waals surface area contributed by atoms with Gasteiger partial charge in [-0.1, -0.05) is 19.8 Å². The Kier molecular flexibility index (Phi) is 4.67. The van der Waals surface area contributed by atoms with Crippen LogP contribution in [0, 0.1) is 5.41 Å². The summed E-state index contributed by atoms with van der Waals surface area (Å²) in [6.07, 6.45) is 7.00. The van der Waals surface area contributed by atoms with Gasteiger partial charge in [-0.2, -0.15) is 0 Å². The minimum atomic E-state index is 0.482. The maximum Gasteiger partial charge on any atom is 0.0701 e. The van der Waals surface area contributed by atoms with Gasteiger partial charge in [0.1, 0.15) is 0 Å². The van der Waals surface area contributed by atoms with E-state index < -0.39 is 0 Å². The van der Waals surface area contributed by atoms with E-state index in [2.05, 4.69) is 47.2 Å². The van der Waals surface area contributed by atoms with Crippen molar-refractivity contribution in [1.29, 1.82) is 0 Å². The van der Waals surface area contributed by atoms with E-state index in [-0.39, 0.29) is 0 Å². The molecule has 1 atom stereocenters. The number of thiophene rings is 1. The van der Waals surface area contributed by atoms with Crippen LogP contribution in [0.5, 0.6) is 0 Å². The van der Waals surface area contributed by atoms with Crippen LogP contribution in [0.1, 0.15) is 56.9 Å². The average molecular weight is 316 g/mol. The molecule has 0 amide bonds. The summed E-state index contributed by atoms with van der Waals surface area (Å²) in [6, 6.07) is 4.85. The normalized spacial score (nSPS) is 20.6. The van der Waals surface area contributed by atoms with Crippen molar-refractivity contribution in [2.75, 3.05) is 6.54 Å². The van der Waals surface area contributed by atoms with Crippen LogP contribution in [0.2, 0.25) is 0 Å². The zero-order valence-corrected chi connectivity index (χ0v) is 13.2. The molecule has 0 bridgehead atoms. The first kappa shape index (κ1) is 13.6. The third-order valence-electron chi connectivity index (χ3n) is 4.22. The highest BCUT2D eigenvalue weighted by Gasteiger charge is 2.31. The maximum atomic E-state index is 3.74. The predicted molar refractivity (Wildman–Crippen MR) is 79.6 cm³/mol. The molecule has 1 aliphatic rings. The highest BCUT2D eigenvalue weighted by molar-refractivity contribution is 9.11. The fourth-order valence-electron chi connectivity index (χ4n) is 2.81. The van der Waals surface area contributed by atoms with E-state index in [1.54, 1.807) is 0 Å². The van der Waals surface area contributed by atoms with E-state index in [1.165, 1.54) is 47.3 Å². The van der Waals surface area contributed by atoms with Gasteiger partial charge in [-0.3, -0.25) is 0 Å². The predicted octanol–water partition coefficient (Wildman–Crippen LogP) is 5.13. The molecule has 2 rings (SSSR count). The Morgan fingerprint density at radius 3 is 2.65 bits per heavy atom. The molecule has 0 radical (unpaired) electrons. The molecule has 1 aromatic rings. The first-order valence-electron chi connectivity index (χ1n) is 6.64. The number of hydrogen-bond donors (Lipinski definition) is 1. The largest absolute Gasteiger partial charge is 0.309 e. The molecule has 0 aliphatic heterocycles. The van der Waals surface area contributed by atoms with Gasteiger partial charge < -0.3 is 5.32 Å². The smallest absolute Gasteiger partial charge is 0.0701 e. The van der Waals surface area contributed by atoms with Gasteiger partial charge in [0, 0.05) is 17.5 Å². The standard InChI is InChI=1S/C14H22BrNS/c1-3-14(8-4-5-9-14)10-16-11(2)12-6-7-13(15)17-12/h6-7,11,16H,3-5,8-10H2,1-2H3. The van der Waals surface area contributed by atoms with Crippen molar-refractivity contribution in [3.63, 3.8) is 0 Å². The van der Waals surface area contributed by atoms with Gasteiger partial charge in [0.15, 0.2) is 0 Å². The molecule has 1 saturated carbocycles. The second-order valence-corrected chi connectivity index (χ2v) is 7.80. The van der Waals surface area contributed by atoms with Crippen LogP contribution in [0.4, 0.5) is 0 Å². The van der Waals surface area contributed by atoms with Gasteiger partial charge in [0.25, 0.3) is 0 Å². The third kappa shape index (κ3) is 3.33. The van der Waals surface area contributed by atoms with Crippen LogP contribution in [0.15, 0.2) is 15.9 Å². The fourth-order valence-corrected chi connectivity index (χ4v) is 4.26. The van der Waals surface area contributed by atoms with Crippen LogP contribution in [-0.4, -0.2) is 6.54 Å². The van der Waals surface area contributed by atoms with Crippen molar-refractivity contribution in [1.82, 2.24) is 5.32 Å². The highest BCUT2D eigenvalue weighted by atomic mass is 79.9. The zero-order chi connectivity index (χ0) is 12.3. The molecule has 0 saturated heterocycles. The Morgan fingerprint density at radius 1 is 1.41 bits per heavy atom. The Hall–Kier alpha value is 0.140. The number of halogens is 1. The second kappa shape index (κ2) is 5.85. The zero-order valence-electron chi connectivity index (χ0n) is 10.8. The minimum Gasteiger partial charge on any atom is -0.309 e. The van der Waals surface area contributed by atoms with Crippen molar-refractivity contribution in [3.8, 4) is 0 Å². The van der Waals surface area contributed by atoms with Crippen molar-refractivity contribution in [2.45, 2.75) is 52.0 Å². The number of hydrogen-bond acceptors (Lipinski definition) is 2. The lowest BCUT2D eigenvalue weighted by atomic mass is 9.83. The number of rotatable bonds is 5. The van der Waals surface area contributed by atoms with E-state index in [0.717, 1.165) is 0 Å². The molecule has 0 aromatic carbocycles. The molecular formula is C14H22BrNS. The van der Waals surface area contributed by atoms with Crippen LogP contribution >= 0.6 is 27.3 Å². The van der Waals surface area contributed by atoms with E-state index in [1.807, 2.05) is 11.3 Å². The Balaban J connectivity index is 1.89. The van der Waals surface area contributed by atoms with Gasteiger partial charge in [-0.25, -0.2) is 0 Å². The first-order valence-corrected chi connectivity index (χ1v) is 8.25. The average Bonchev–Trinajstić information content (AvgIpc) is 2.95. The van der Waals surface area contributed by atoms with Crippen LogP contribution in [0.3, 0.4) is 0 Å². The maximum absolute atomic E-state index is 3.74. The van der Waals surface area contributed by atoms with Gasteiger partial charge in [0.2, 0.25) is 0 Å². The van der Waals surface area contributed by atoms with E-state index in [9.17, 15) is 0 Å². The molecule has 1 aromatic heterocycles. The molecule has 1 heterocycles. The first-order chi connectivity index (χ1) is 8.15. The van der Waals surface area contributed by atoms with E-state index >= 15 is 0 Å². The van der Waals surface area contributed by atoms with Crippen molar-refractivity contribution in [3.05, 3.63) is 20.8 Å². The molecule has 17 heavy (non-hydrogen) atoms. The van der Waals surface area contributed by atoms with Gasteiger partial charge >= 0.3 is 0 Å². The molecule has 0 spiro atoms. The van der Waals surface area contributed by atoms with Crippen LogP contribution in [-0.2, 0) is 0 Å². The summed E-state index contributed by atoms with van der Waals surface area (Å²) in [5.74, 6) is 0. The molecular weight excluding hydrogens is 294 g/mol. The van der Waals surface area contributed by atoms with Crippen molar-refractivity contribution in [2.24, 2.45) is 5.41 Å². The summed E-state index contributed by atoms with van der Waals surface area (Å²) < 4.78 is 1.23. The molecule has 1 N–H and O–H groups in total. The lowest BCUT2D eigenvalue weighted by molar-refractivity contribution is 0.259. The lowest BCUT2D eigenvalue weighted by Crippen LogP contribution is -2.33. The lowest BCUT2D eigenvalue weighted by Gasteiger charge is -2.29. The second-order valence-electron chi connectivity index (χ2n) is 5.31. The van der Waals surface area contributed by atoms with Gasteiger partial charge in [0.05, 0.1) is 3.79 Å². The van der Waals surface area contributed by atoms with E-state index in [0.29, 0.717) is 11.5 Å². The van der Waals surface area contributed by atoms with Crippen LogP contribution < -0.4 is 5.32 Å². The van der Waals surface area contributed by atoms with Crippen molar-refractivity contribution < 1.29 is 0 Å². The summed E-state index contributed by atoms with van der Waals surface area (Å²) >= 11 is 5.37. The molecule has 1 unspecified atom stereocenters. The molecule has 1 fully saturated rings. The Labute approximate surface area is 117 Å². The summed E-state index contributed by atoms with van der Waals surface area (Å²) in [4.78, 5) is 1.43. The van der Waals surface area contributed by atoms with Gasteiger partial charge in [-0.15, -0.1) is 11.3 Å². The quantitative estimate of drug-likeness (QED) is 0.794. The third-order valence-corrected chi connectivity index (χ3v) is 6.02. The molecule has 1 aliphatic carbocycles. The fraction of sp³-hybridized carbons (Fsp3) is 0.714. The SMILES string of the molecule is CCC1(CNC(C)c2ccc(Br)s2)CCCC1. The van der Waals surface area contributed by atoms with Crippen molar-refractivity contribution >= 4 is 27.3 Å². The molecule has 1 nitrogen and oxygen atoms in total. The summed E-state index contributed by atoms with van der Waals surface area (Å²) in [6.45, 7) is 5.80. The van der Waals surface area contributed by atoms with Crippen LogP contribution in [0.25, 0.3) is 0 Å². The molecule has 96 valence electrons. The topological polar surface area (TPSA) is 12.0 Å². The minimum absolute atomic E-state index is 0.482. The Bertz CT molecular complexity index is 355. The van der Waals surface area contributed by atoms with Gasteiger partial charge in [-0.05, 0) is 59.7 Å². The molecule has 3 heteroatoms. The highest BCUT2D eigenvalue weighted by Crippen LogP contribution is 2.40. The van der Waals surface area contributed by atoms with E-state index in [4.69, 9.17) is 0 Å². The Morgan fingerprint density at radius 2 is 2.12 bits per heavy atom. The summed E-state index contributed by atoms with van der Waals surface area (Å²) in [7, 11) is 0. The monoisotopic (exact) mass is 315 g/mol.